The van der Waals surface area contributed by atoms with E-state index in [9.17, 15) is 0 Å². The fraction of sp³-hybridized carbons (Fsp3) is 0.400. The van der Waals surface area contributed by atoms with Crippen molar-refractivity contribution in [1.29, 1.82) is 0 Å². The summed E-state index contributed by atoms with van der Waals surface area (Å²) in [7, 11) is 0. The van der Waals surface area contributed by atoms with Crippen molar-refractivity contribution in [1.82, 2.24) is 10.3 Å². The average molecular weight is 228 g/mol. The van der Waals surface area contributed by atoms with Gasteiger partial charge in [0.25, 0.3) is 0 Å². The van der Waals surface area contributed by atoms with E-state index in [1.807, 2.05) is 18.3 Å². The zero-order chi connectivity index (χ0) is 12.1. The molecular weight excluding hydrogens is 208 g/mol. The second kappa shape index (κ2) is 5.78. The molecule has 2 nitrogen and oxygen atoms in total. The van der Waals surface area contributed by atoms with Gasteiger partial charge in [0.2, 0.25) is 0 Å². The Morgan fingerprint density at radius 1 is 1.29 bits per heavy atom. The van der Waals surface area contributed by atoms with Crippen molar-refractivity contribution < 1.29 is 0 Å². The van der Waals surface area contributed by atoms with E-state index in [2.05, 4.69) is 42.3 Å². The van der Waals surface area contributed by atoms with E-state index in [1.165, 1.54) is 17.4 Å². The summed E-state index contributed by atoms with van der Waals surface area (Å²) in [5, 5.41) is 4.69. The standard InChI is InChI=1S/C15H20N2/c1-3-12(2)9-16-10-13-8-14-6-4-5-7-15(14)17-11-13/h4-8,11-12,16H,3,9-10H2,1-2H3. The first kappa shape index (κ1) is 12.1. The van der Waals surface area contributed by atoms with Gasteiger partial charge in [0.1, 0.15) is 0 Å². The molecular formula is C15H20N2. The van der Waals surface area contributed by atoms with Crippen LogP contribution in [0.4, 0.5) is 0 Å². The molecule has 1 aromatic carbocycles. The maximum absolute atomic E-state index is 4.46. The van der Waals surface area contributed by atoms with Crippen LogP contribution in [-0.4, -0.2) is 11.5 Å². The number of benzene rings is 1. The summed E-state index contributed by atoms with van der Waals surface area (Å²) in [6.45, 7) is 6.47. The van der Waals surface area contributed by atoms with Gasteiger partial charge in [0, 0.05) is 18.1 Å². The van der Waals surface area contributed by atoms with E-state index in [-0.39, 0.29) is 0 Å². The molecule has 1 unspecified atom stereocenters. The van der Waals surface area contributed by atoms with Gasteiger partial charge in [-0.2, -0.15) is 0 Å². The minimum atomic E-state index is 0.739. The fourth-order valence-corrected chi connectivity index (χ4v) is 1.82. The Hall–Kier alpha value is -1.41. The molecule has 0 saturated carbocycles. The Labute approximate surface area is 103 Å². The molecule has 0 radical (unpaired) electrons. The molecule has 17 heavy (non-hydrogen) atoms. The van der Waals surface area contributed by atoms with Crippen molar-refractivity contribution in [3.8, 4) is 0 Å². The van der Waals surface area contributed by atoms with Crippen LogP contribution in [-0.2, 0) is 6.54 Å². The Morgan fingerprint density at radius 3 is 2.94 bits per heavy atom. The van der Waals surface area contributed by atoms with Crippen LogP contribution in [0.15, 0.2) is 36.5 Å². The van der Waals surface area contributed by atoms with E-state index >= 15 is 0 Å². The molecule has 0 fully saturated rings. The van der Waals surface area contributed by atoms with Gasteiger partial charge in [-0.25, -0.2) is 0 Å². The summed E-state index contributed by atoms with van der Waals surface area (Å²) in [4.78, 5) is 4.46. The smallest absolute Gasteiger partial charge is 0.0702 e. The largest absolute Gasteiger partial charge is 0.312 e. The normalized spacial score (nSPS) is 12.8. The molecule has 1 atom stereocenters. The topological polar surface area (TPSA) is 24.9 Å². The molecule has 1 N–H and O–H groups in total. The second-order valence-corrected chi connectivity index (χ2v) is 4.68. The average Bonchev–Trinajstić information content (AvgIpc) is 2.38. The predicted octanol–water partition coefficient (Wildman–Crippen LogP) is 3.37. The van der Waals surface area contributed by atoms with Gasteiger partial charge in [-0.05, 0) is 30.2 Å². The maximum Gasteiger partial charge on any atom is 0.0702 e. The zero-order valence-electron chi connectivity index (χ0n) is 10.6. The van der Waals surface area contributed by atoms with Gasteiger partial charge < -0.3 is 5.32 Å². The highest BCUT2D eigenvalue weighted by molar-refractivity contribution is 5.78. The number of hydrogen-bond acceptors (Lipinski definition) is 2. The quantitative estimate of drug-likeness (QED) is 0.848. The van der Waals surface area contributed by atoms with Crippen LogP contribution in [0.5, 0.6) is 0 Å². The van der Waals surface area contributed by atoms with E-state index in [4.69, 9.17) is 0 Å². The van der Waals surface area contributed by atoms with Crippen molar-refractivity contribution in [2.24, 2.45) is 5.92 Å². The summed E-state index contributed by atoms with van der Waals surface area (Å²) in [5.74, 6) is 0.739. The van der Waals surface area contributed by atoms with E-state index in [0.29, 0.717) is 0 Å². The molecule has 0 amide bonds. The minimum Gasteiger partial charge on any atom is -0.312 e. The SMILES string of the molecule is CCC(C)CNCc1cnc2ccccc2c1. The van der Waals surface area contributed by atoms with Crippen molar-refractivity contribution in [3.05, 3.63) is 42.1 Å². The first-order chi connectivity index (χ1) is 8.29. The Balaban J connectivity index is 1.99. The Morgan fingerprint density at radius 2 is 2.12 bits per heavy atom. The lowest BCUT2D eigenvalue weighted by Gasteiger charge is -2.10. The molecule has 90 valence electrons. The van der Waals surface area contributed by atoms with E-state index < -0.39 is 0 Å². The molecule has 0 saturated heterocycles. The number of rotatable bonds is 5. The third kappa shape index (κ3) is 3.27. The lowest BCUT2D eigenvalue weighted by atomic mass is 10.1. The van der Waals surface area contributed by atoms with Crippen molar-refractivity contribution in [2.45, 2.75) is 26.8 Å². The number of para-hydroxylation sites is 1. The van der Waals surface area contributed by atoms with Gasteiger partial charge in [-0.1, -0.05) is 38.5 Å². The van der Waals surface area contributed by atoms with Gasteiger partial charge in [-0.15, -0.1) is 0 Å². The fourth-order valence-electron chi connectivity index (χ4n) is 1.82. The summed E-state index contributed by atoms with van der Waals surface area (Å²) < 4.78 is 0. The van der Waals surface area contributed by atoms with Gasteiger partial charge in [0.15, 0.2) is 0 Å². The number of nitrogens with zero attached hydrogens (tertiary/aromatic N) is 1. The number of nitrogens with one attached hydrogen (secondary N) is 1. The minimum absolute atomic E-state index is 0.739. The molecule has 0 spiro atoms. The molecule has 2 aromatic rings. The first-order valence-electron chi connectivity index (χ1n) is 6.34. The maximum atomic E-state index is 4.46. The van der Waals surface area contributed by atoms with Crippen molar-refractivity contribution in [2.75, 3.05) is 6.54 Å². The van der Waals surface area contributed by atoms with Gasteiger partial charge in [-0.3, -0.25) is 4.98 Å². The number of pyridine rings is 1. The lowest BCUT2D eigenvalue weighted by molar-refractivity contribution is 0.500. The van der Waals surface area contributed by atoms with E-state index in [1.54, 1.807) is 0 Å². The molecule has 2 heteroatoms. The highest BCUT2D eigenvalue weighted by Crippen LogP contribution is 2.12. The van der Waals surface area contributed by atoms with Crippen molar-refractivity contribution in [3.63, 3.8) is 0 Å². The highest BCUT2D eigenvalue weighted by atomic mass is 14.9. The van der Waals surface area contributed by atoms with Crippen LogP contribution in [0.2, 0.25) is 0 Å². The Bertz CT molecular complexity index is 479. The van der Waals surface area contributed by atoms with Crippen LogP contribution in [0.1, 0.15) is 25.8 Å². The molecule has 0 aliphatic heterocycles. The zero-order valence-corrected chi connectivity index (χ0v) is 10.6. The first-order valence-corrected chi connectivity index (χ1v) is 6.34. The highest BCUT2D eigenvalue weighted by Gasteiger charge is 2.00. The summed E-state index contributed by atoms with van der Waals surface area (Å²) in [6.07, 6.45) is 3.19. The van der Waals surface area contributed by atoms with Crippen LogP contribution in [0.3, 0.4) is 0 Å². The second-order valence-electron chi connectivity index (χ2n) is 4.68. The summed E-state index contributed by atoms with van der Waals surface area (Å²) in [6, 6.07) is 10.5. The number of aromatic nitrogens is 1. The molecule has 0 bridgehead atoms. The molecule has 1 heterocycles. The predicted molar refractivity (Wildman–Crippen MR) is 72.9 cm³/mol. The van der Waals surface area contributed by atoms with Crippen LogP contribution in [0, 0.1) is 5.92 Å². The summed E-state index contributed by atoms with van der Waals surface area (Å²) in [5.41, 5.74) is 2.32. The van der Waals surface area contributed by atoms with Gasteiger partial charge >= 0.3 is 0 Å². The third-order valence-corrected chi connectivity index (χ3v) is 3.17. The molecule has 0 aliphatic rings. The third-order valence-electron chi connectivity index (χ3n) is 3.17. The molecule has 1 aromatic heterocycles. The number of hydrogen-bond donors (Lipinski definition) is 1. The molecule has 0 aliphatic carbocycles. The number of fused-ring (bicyclic) bond motifs is 1. The Kier molecular flexibility index (Phi) is 4.10. The summed E-state index contributed by atoms with van der Waals surface area (Å²) >= 11 is 0. The van der Waals surface area contributed by atoms with Crippen LogP contribution in [0.25, 0.3) is 10.9 Å². The van der Waals surface area contributed by atoms with Gasteiger partial charge in [0.05, 0.1) is 5.52 Å². The lowest BCUT2D eigenvalue weighted by Crippen LogP contribution is -2.20. The van der Waals surface area contributed by atoms with E-state index in [0.717, 1.165) is 24.5 Å². The van der Waals surface area contributed by atoms with Crippen molar-refractivity contribution >= 4 is 10.9 Å². The van der Waals surface area contributed by atoms with Crippen LogP contribution >= 0.6 is 0 Å². The monoisotopic (exact) mass is 228 g/mol. The molecule has 2 rings (SSSR count). The van der Waals surface area contributed by atoms with Crippen LogP contribution < -0.4 is 5.32 Å².